The first-order valence-electron chi connectivity index (χ1n) is 7.50. The van der Waals surface area contributed by atoms with Crippen LogP contribution in [0.15, 0.2) is 42.5 Å². The third-order valence-corrected chi connectivity index (χ3v) is 3.60. The van der Waals surface area contributed by atoms with Gasteiger partial charge in [-0.25, -0.2) is 4.98 Å². The number of hydrogen-bond acceptors (Lipinski definition) is 4. The highest BCUT2D eigenvalue weighted by Crippen LogP contribution is 2.20. The van der Waals surface area contributed by atoms with Gasteiger partial charge in [0.1, 0.15) is 5.69 Å². The van der Waals surface area contributed by atoms with Gasteiger partial charge in [0.05, 0.1) is 13.0 Å². The summed E-state index contributed by atoms with van der Waals surface area (Å²) < 4.78 is 4.75. The largest absolute Gasteiger partial charge is 0.469 e. The maximum Gasteiger partial charge on any atom is 0.312 e. The molecule has 0 bridgehead atoms. The molecule has 1 atom stereocenters. The molecule has 1 N–H and O–H groups in total. The van der Waals surface area contributed by atoms with Gasteiger partial charge in [-0.15, -0.1) is 0 Å². The Morgan fingerprint density at radius 1 is 1.22 bits per heavy atom. The van der Waals surface area contributed by atoms with Gasteiger partial charge in [-0.3, -0.25) is 9.59 Å². The second-order valence-electron chi connectivity index (χ2n) is 5.19. The molecule has 0 aliphatic rings. The second kappa shape index (κ2) is 7.54. The molecular weight excluding hydrogens is 292 g/mol. The first-order chi connectivity index (χ1) is 11.0. The molecular formula is C18H20N2O3. The average Bonchev–Trinajstić information content (AvgIpc) is 2.60. The van der Waals surface area contributed by atoms with Gasteiger partial charge in [-0.2, -0.15) is 0 Å². The zero-order valence-corrected chi connectivity index (χ0v) is 13.5. The number of rotatable bonds is 5. The van der Waals surface area contributed by atoms with Gasteiger partial charge < -0.3 is 10.1 Å². The van der Waals surface area contributed by atoms with Crippen molar-refractivity contribution >= 4 is 17.6 Å². The molecule has 0 saturated heterocycles. The smallest absolute Gasteiger partial charge is 0.312 e. The minimum absolute atomic E-state index is 0.275. The van der Waals surface area contributed by atoms with Gasteiger partial charge in [-0.1, -0.05) is 25.1 Å². The first-order valence-corrected chi connectivity index (χ1v) is 7.50. The van der Waals surface area contributed by atoms with Crippen molar-refractivity contribution in [3.63, 3.8) is 0 Å². The maximum absolute atomic E-state index is 12.3. The van der Waals surface area contributed by atoms with Gasteiger partial charge in [0, 0.05) is 11.4 Å². The summed E-state index contributed by atoms with van der Waals surface area (Å²) in [6, 6.07) is 12.5. The second-order valence-corrected chi connectivity index (χ2v) is 5.19. The van der Waals surface area contributed by atoms with E-state index in [2.05, 4.69) is 10.3 Å². The van der Waals surface area contributed by atoms with Crippen LogP contribution in [-0.2, 0) is 16.0 Å². The number of amides is 1. The van der Waals surface area contributed by atoms with E-state index in [1.165, 1.54) is 7.11 Å². The van der Waals surface area contributed by atoms with Gasteiger partial charge in [0.25, 0.3) is 5.91 Å². The van der Waals surface area contributed by atoms with Crippen LogP contribution in [0.3, 0.4) is 0 Å². The van der Waals surface area contributed by atoms with E-state index < -0.39 is 5.92 Å². The monoisotopic (exact) mass is 312 g/mol. The summed E-state index contributed by atoms with van der Waals surface area (Å²) in [6.07, 6.45) is 0.771. The van der Waals surface area contributed by atoms with Crippen LogP contribution in [-0.4, -0.2) is 24.0 Å². The van der Waals surface area contributed by atoms with E-state index >= 15 is 0 Å². The Morgan fingerprint density at radius 2 is 1.96 bits per heavy atom. The lowest BCUT2D eigenvalue weighted by atomic mass is 10.0. The Kier molecular flexibility index (Phi) is 5.46. The molecule has 120 valence electrons. The zero-order valence-electron chi connectivity index (χ0n) is 13.5. The normalized spacial score (nSPS) is 11.6. The number of carbonyl (C=O) groups excluding carboxylic acids is 2. The van der Waals surface area contributed by atoms with Crippen molar-refractivity contribution in [2.45, 2.75) is 26.2 Å². The predicted molar refractivity (Wildman–Crippen MR) is 88.4 cm³/mol. The quantitative estimate of drug-likeness (QED) is 0.861. The minimum atomic E-state index is -0.390. The summed E-state index contributed by atoms with van der Waals surface area (Å²) in [5, 5.41) is 2.81. The van der Waals surface area contributed by atoms with Crippen LogP contribution in [0.5, 0.6) is 0 Å². The highest BCUT2D eigenvalue weighted by molar-refractivity contribution is 6.02. The highest BCUT2D eigenvalue weighted by Gasteiger charge is 2.16. The Bertz CT molecular complexity index is 713. The summed E-state index contributed by atoms with van der Waals surface area (Å²) in [5.41, 5.74) is 2.64. The first kappa shape index (κ1) is 16.7. The Hall–Kier alpha value is -2.69. The van der Waals surface area contributed by atoms with E-state index in [4.69, 9.17) is 4.74 Å². The number of nitrogens with one attached hydrogen (secondary N) is 1. The van der Waals surface area contributed by atoms with E-state index in [-0.39, 0.29) is 11.9 Å². The minimum Gasteiger partial charge on any atom is -0.469 e. The molecule has 23 heavy (non-hydrogen) atoms. The summed E-state index contributed by atoms with van der Waals surface area (Å²) in [4.78, 5) is 28.2. The van der Waals surface area contributed by atoms with Crippen molar-refractivity contribution in [1.82, 2.24) is 4.98 Å². The van der Waals surface area contributed by atoms with Crippen LogP contribution < -0.4 is 5.32 Å². The Morgan fingerprint density at radius 3 is 2.65 bits per heavy atom. The van der Waals surface area contributed by atoms with Crippen molar-refractivity contribution in [3.8, 4) is 0 Å². The lowest BCUT2D eigenvalue weighted by Crippen LogP contribution is -2.15. The summed E-state index contributed by atoms with van der Waals surface area (Å²) >= 11 is 0. The number of hydrogen-bond donors (Lipinski definition) is 1. The molecule has 0 aliphatic heterocycles. The van der Waals surface area contributed by atoms with E-state index in [0.717, 1.165) is 17.7 Å². The maximum atomic E-state index is 12.3. The predicted octanol–water partition coefficient (Wildman–Crippen LogP) is 3.17. The molecule has 1 aromatic heterocycles. The molecule has 5 heteroatoms. The fourth-order valence-corrected chi connectivity index (χ4v) is 2.20. The van der Waals surface area contributed by atoms with Crippen LogP contribution >= 0.6 is 0 Å². The molecule has 0 aliphatic carbocycles. The number of esters is 1. The standard InChI is InChI=1S/C18H20N2O3/c1-4-14-8-6-10-16(19-14)17(21)20-15-9-5-7-13(11-15)12(2)18(22)23-3/h5-12H,4H2,1-3H3,(H,20,21). The summed E-state index contributed by atoms with van der Waals surface area (Å²) in [6.45, 7) is 3.75. The number of methoxy groups -OCH3 is 1. The van der Waals surface area contributed by atoms with E-state index in [9.17, 15) is 9.59 Å². The number of carbonyl (C=O) groups is 2. The number of aromatic nitrogens is 1. The molecule has 0 fully saturated rings. The number of benzene rings is 1. The van der Waals surface area contributed by atoms with Crippen LogP contribution in [0.4, 0.5) is 5.69 Å². The van der Waals surface area contributed by atoms with Crippen molar-refractivity contribution in [1.29, 1.82) is 0 Å². The molecule has 2 aromatic rings. The highest BCUT2D eigenvalue weighted by atomic mass is 16.5. The molecule has 5 nitrogen and oxygen atoms in total. The molecule has 0 saturated carbocycles. The number of nitrogens with zero attached hydrogens (tertiary/aromatic N) is 1. The molecule has 1 unspecified atom stereocenters. The van der Waals surface area contributed by atoms with E-state index in [1.807, 2.05) is 25.1 Å². The van der Waals surface area contributed by atoms with Crippen LogP contribution in [0.1, 0.15) is 41.5 Å². The molecule has 0 spiro atoms. The molecule has 1 amide bonds. The van der Waals surface area contributed by atoms with Gasteiger partial charge in [-0.05, 0) is 43.2 Å². The number of anilines is 1. The third kappa shape index (κ3) is 4.16. The van der Waals surface area contributed by atoms with Crippen LogP contribution in [0.2, 0.25) is 0 Å². The fourth-order valence-electron chi connectivity index (χ4n) is 2.20. The SMILES string of the molecule is CCc1cccc(C(=O)Nc2cccc(C(C)C(=O)OC)c2)n1. The van der Waals surface area contributed by atoms with Crippen LogP contribution in [0.25, 0.3) is 0 Å². The number of ether oxygens (including phenoxy) is 1. The van der Waals surface area contributed by atoms with Gasteiger partial charge >= 0.3 is 5.97 Å². The van der Waals surface area contributed by atoms with Gasteiger partial charge in [0.15, 0.2) is 0 Å². The van der Waals surface area contributed by atoms with Crippen molar-refractivity contribution in [3.05, 3.63) is 59.4 Å². The molecule has 1 heterocycles. The van der Waals surface area contributed by atoms with Crippen molar-refractivity contribution < 1.29 is 14.3 Å². The summed E-state index contributed by atoms with van der Waals surface area (Å²) in [7, 11) is 1.36. The van der Waals surface area contributed by atoms with E-state index in [1.54, 1.807) is 31.2 Å². The lowest BCUT2D eigenvalue weighted by Gasteiger charge is -2.12. The number of aryl methyl sites for hydroxylation is 1. The summed E-state index contributed by atoms with van der Waals surface area (Å²) in [5.74, 6) is -0.979. The lowest BCUT2D eigenvalue weighted by molar-refractivity contribution is -0.141. The average molecular weight is 312 g/mol. The topological polar surface area (TPSA) is 68.3 Å². The molecule has 2 rings (SSSR count). The Balaban J connectivity index is 2.16. The number of pyridine rings is 1. The fraction of sp³-hybridized carbons (Fsp3) is 0.278. The van der Waals surface area contributed by atoms with Crippen LogP contribution in [0, 0.1) is 0 Å². The third-order valence-electron chi connectivity index (χ3n) is 3.60. The molecule has 1 aromatic carbocycles. The van der Waals surface area contributed by atoms with Crippen molar-refractivity contribution in [2.75, 3.05) is 12.4 Å². The molecule has 0 radical (unpaired) electrons. The van der Waals surface area contributed by atoms with E-state index in [0.29, 0.717) is 11.4 Å². The zero-order chi connectivity index (χ0) is 16.8. The Labute approximate surface area is 135 Å². The van der Waals surface area contributed by atoms with Crippen molar-refractivity contribution in [2.24, 2.45) is 0 Å². The van der Waals surface area contributed by atoms with Gasteiger partial charge in [0.2, 0.25) is 0 Å².